The molecule has 1 N–H and O–H groups in total. The topological polar surface area (TPSA) is 58.4 Å². The summed E-state index contributed by atoms with van der Waals surface area (Å²) >= 11 is 2.96. The molecular weight excluding hydrogens is 329 g/mol. The van der Waals surface area contributed by atoms with Crippen molar-refractivity contribution in [3.63, 3.8) is 0 Å². The first-order chi connectivity index (χ1) is 9.12. The minimum Gasteiger partial charge on any atom is -0.379 e. The first-order valence-corrected chi connectivity index (χ1v) is 6.94. The molecule has 0 saturated heterocycles. The largest absolute Gasteiger partial charge is 0.379 e. The van der Waals surface area contributed by atoms with Gasteiger partial charge in [0.15, 0.2) is 0 Å². The van der Waals surface area contributed by atoms with Crippen LogP contribution in [0.3, 0.4) is 0 Å². The Kier molecular flexibility index (Phi) is 5.47. The average molecular weight is 348 g/mol. The Bertz CT molecular complexity index is 507. The maximum absolute atomic E-state index is 13.5. The molecule has 0 spiro atoms. The fourth-order valence-electron chi connectivity index (χ4n) is 2.08. The zero-order chi connectivity index (χ0) is 15.5. The molecule has 112 valence electrons. The lowest BCUT2D eigenvalue weighted by Gasteiger charge is -2.28. The number of anilines is 1. The summed E-state index contributed by atoms with van der Waals surface area (Å²) in [7, 11) is 3.92. The van der Waals surface area contributed by atoms with Gasteiger partial charge in [0.1, 0.15) is 11.5 Å². The van der Waals surface area contributed by atoms with Crippen LogP contribution in [-0.4, -0.2) is 37.0 Å². The van der Waals surface area contributed by atoms with Crippen LogP contribution in [-0.2, 0) is 0 Å². The molecule has 0 unspecified atom stereocenters. The average Bonchev–Trinajstić information content (AvgIpc) is 2.28. The number of hydrogen-bond donors (Lipinski definition) is 1. The van der Waals surface area contributed by atoms with E-state index < -0.39 is 10.7 Å². The zero-order valence-electron chi connectivity index (χ0n) is 12.0. The number of hydrogen-bond acceptors (Lipinski definition) is 4. The van der Waals surface area contributed by atoms with Crippen molar-refractivity contribution in [2.75, 3.05) is 32.5 Å². The third-order valence-corrected chi connectivity index (χ3v) is 3.34. The number of halogens is 2. The Balaban J connectivity index is 2.92. The number of nitrogens with one attached hydrogen (secondary N) is 1. The maximum atomic E-state index is 13.5. The lowest BCUT2D eigenvalue weighted by Crippen LogP contribution is -2.34. The van der Waals surface area contributed by atoms with Crippen LogP contribution in [0.5, 0.6) is 0 Å². The monoisotopic (exact) mass is 347 g/mol. The van der Waals surface area contributed by atoms with Crippen LogP contribution in [0.4, 0.5) is 15.8 Å². The van der Waals surface area contributed by atoms with Crippen molar-refractivity contribution in [2.45, 2.75) is 13.8 Å². The van der Waals surface area contributed by atoms with E-state index in [4.69, 9.17) is 0 Å². The zero-order valence-corrected chi connectivity index (χ0v) is 13.6. The molecule has 0 atom stereocenters. The maximum Gasteiger partial charge on any atom is 0.293 e. The summed E-state index contributed by atoms with van der Waals surface area (Å²) in [5, 5.41) is 14.0. The molecule has 1 rings (SSSR count). The van der Waals surface area contributed by atoms with Crippen molar-refractivity contribution in [1.82, 2.24) is 4.90 Å². The number of nitro groups is 1. The summed E-state index contributed by atoms with van der Waals surface area (Å²) in [6.45, 7) is 5.40. The van der Waals surface area contributed by atoms with Gasteiger partial charge in [-0.1, -0.05) is 13.8 Å². The van der Waals surface area contributed by atoms with Crippen molar-refractivity contribution in [2.24, 2.45) is 5.41 Å². The van der Waals surface area contributed by atoms with E-state index in [-0.39, 0.29) is 21.3 Å². The van der Waals surface area contributed by atoms with Gasteiger partial charge >= 0.3 is 0 Å². The summed E-state index contributed by atoms with van der Waals surface area (Å²) in [6.07, 6.45) is 0. The van der Waals surface area contributed by atoms with Crippen molar-refractivity contribution < 1.29 is 9.31 Å². The molecule has 0 amide bonds. The first-order valence-electron chi connectivity index (χ1n) is 6.14. The standard InChI is InChI=1S/C13H19BrFN3O2/c1-13(2,8-17(3)4)7-16-11-6-10(15)9(14)5-12(11)18(19)20/h5-6,16H,7-8H2,1-4H3. The lowest BCUT2D eigenvalue weighted by molar-refractivity contribution is -0.384. The van der Waals surface area contributed by atoms with Crippen LogP contribution in [0.1, 0.15) is 13.8 Å². The van der Waals surface area contributed by atoms with Crippen LogP contribution in [0.15, 0.2) is 16.6 Å². The Morgan fingerprint density at radius 3 is 2.55 bits per heavy atom. The second kappa shape index (κ2) is 6.49. The van der Waals surface area contributed by atoms with Crippen LogP contribution >= 0.6 is 15.9 Å². The van der Waals surface area contributed by atoms with Gasteiger partial charge < -0.3 is 10.2 Å². The summed E-state index contributed by atoms with van der Waals surface area (Å²) in [5.41, 5.74) is -0.0394. The van der Waals surface area contributed by atoms with E-state index in [1.54, 1.807) is 0 Å². The van der Waals surface area contributed by atoms with Crippen LogP contribution < -0.4 is 5.32 Å². The summed E-state index contributed by atoms with van der Waals surface area (Å²) in [6, 6.07) is 2.32. The predicted molar refractivity (Wildman–Crippen MR) is 81.6 cm³/mol. The molecule has 5 nitrogen and oxygen atoms in total. The first kappa shape index (κ1) is 16.8. The highest BCUT2D eigenvalue weighted by Gasteiger charge is 2.22. The summed E-state index contributed by atoms with van der Waals surface area (Å²) in [4.78, 5) is 12.5. The van der Waals surface area contributed by atoms with Gasteiger partial charge in [-0.25, -0.2) is 4.39 Å². The fourth-order valence-corrected chi connectivity index (χ4v) is 2.41. The third-order valence-electron chi connectivity index (χ3n) is 2.74. The van der Waals surface area contributed by atoms with Crippen LogP contribution in [0, 0.1) is 21.3 Å². The predicted octanol–water partition coefficient (Wildman–Crippen LogP) is 3.50. The van der Waals surface area contributed by atoms with Gasteiger partial charge in [0.25, 0.3) is 5.69 Å². The van der Waals surface area contributed by atoms with Crippen LogP contribution in [0.25, 0.3) is 0 Å². The molecule has 0 aliphatic rings. The van der Waals surface area contributed by atoms with Crippen molar-refractivity contribution >= 4 is 27.3 Å². The van der Waals surface area contributed by atoms with Crippen molar-refractivity contribution in [1.29, 1.82) is 0 Å². The molecular formula is C13H19BrFN3O2. The molecule has 0 saturated carbocycles. The second-order valence-electron chi connectivity index (χ2n) is 5.80. The van der Waals surface area contributed by atoms with Crippen molar-refractivity contribution in [3.05, 3.63) is 32.5 Å². The van der Waals surface area contributed by atoms with Gasteiger partial charge in [0.05, 0.1) is 9.40 Å². The Labute approximate surface area is 126 Å². The molecule has 1 aromatic rings. The Morgan fingerprint density at radius 1 is 1.45 bits per heavy atom. The van der Waals surface area contributed by atoms with E-state index in [1.165, 1.54) is 6.07 Å². The highest BCUT2D eigenvalue weighted by atomic mass is 79.9. The van der Waals surface area contributed by atoms with Gasteiger partial charge in [0, 0.05) is 25.2 Å². The van der Waals surface area contributed by atoms with Gasteiger partial charge in [-0.05, 0) is 35.4 Å². The molecule has 7 heteroatoms. The molecule has 0 aromatic heterocycles. The molecule has 0 heterocycles. The van der Waals surface area contributed by atoms with Gasteiger partial charge in [-0.15, -0.1) is 0 Å². The smallest absolute Gasteiger partial charge is 0.293 e. The van der Waals surface area contributed by atoms with Crippen LogP contribution in [0.2, 0.25) is 0 Å². The normalized spacial score (nSPS) is 11.8. The van der Waals surface area contributed by atoms with E-state index in [2.05, 4.69) is 21.2 Å². The highest BCUT2D eigenvalue weighted by molar-refractivity contribution is 9.10. The minimum atomic E-state index is -0.525. The third kappa shape index (κ3) is 4.72. The number of nitrogens with zero attached hydrogens (tertiary/aromatic N) is 2. The van der Waals surface area contributed by atoms with E-state index in [0.717, 1.165) is 12.6 Å². The number of benzene rings is 1. The molecule has 0 bridgehead atoms. The van der Waals surface area contributed by atoms with Gasteiger partial charge in [-0.2, -0.15) is 0 Å². The highest BCUT2D eigenvalue weighted by Crippen LogP contribution is 2.31. The van der Waals surface area contributed by atoms with E-state index in [0.29, 0.717) is 6.54 Å². The fraction of sp³-hybridized carbons (Fsp3) is 0.538. The molecule has 1 aromatic carbocycles. The second-order valence-corrected chi connectivity index (χ2v) is 6.65. The summed E-state index contributed by atoms with van der Waals surface area (Å²) in [5.74, 6) is -0.525. The van der Waals surface area contributed by atoms with Gasteiger partial charge in [0.2, 0.25) is 0 Å². The van der Waals surface area contributed by atoms with E-state index >= 15 is 0 Å². The molecule has 0 aliphatic carbocycles. The van der Waals surface area contributed by atoms with E-state index in [9.17, 15) is 14.5 Å². The minimum absolute atomic E-state index is 0.0855. The number of nitro benzene ring substituents is 1. The Morgan fingerprint density at radius 2 is 2.05 bits per heavy atom. The quantitative estimate of drug-likeness (QED) is 0.632. The SMILES string of the molecule is CN(C)CC(C)(C)CNc1cc(F)c(Br)cc1[N+](=O)[O-]. The lowest BCUT2D eigenvalue weighted by atomic mass is 9.93. The molecule has 0 aliphatic heterocycles. The van der Waals surface area contributed by atoms with E-state index in [1.807, 2.05) is 32.8 Å². The Hall–Kier alpha value is -1.21. The van der Waals surface area contributed by atoms with Crippen molar-refractivity contribution in [3.8, 4) is 0 Å². The van der Waals surface area contributed by atoms with Gasteiger partial charge in [-0.3, -0.25) is 10.1 Å². The molecule has 0 fully saturated rings. The number of rotatable bonds is 6. The molecule has 0 radical (unpaired) electrons. The molecule has 20 heavy (non-hydrogen) atoms. The summed E-state index contributed by atoms with van der Waals surface area (Å²) < 4.78 is 13.6.